The van der Waals surface area contributed by atoms with Crippen LogP contribution < -0.4 is 5.32 Å². The number of hydrogen-bond donors (Lipinski definition) is 2. The Morgan fingerprint density at radius 1 is 1.45 bits per heavy atom. The Kier molecular flexibility index (Phi) is 4.39. The highest BCUT2D eigenvalue weighted by Crippen LogP contribution is 2.18. The first-order chi connectivity index (χ1) is 9.59. The minimum Gasteiger partial charge on any atom is -0.480 e. The predicted molar refractivity (Wildman–Crippen MR) is 68.0 cm³/mol. The van der Waals surface area contributed by atoms with Crippen molar-refractivity contribution in [3.8, 4) is 0 Å². The number of nitrogens with one attached hydrogen (secondary N) is 1. The van der Waals surface area contributed by atoms with E-state index in [-0.39, 0.29) is 24.8 Å². The van der Waals surface area contributed by atoms with Crippen molar-refractivity contribution in [1.29, 1.82) is 0 Å². The molecule has 0 radical (unpaired) electrons. The van der Waals surface area contributed by atoms with Gasteiger partial charge in [0.05, 0.1) is 11.8 Å². The van der Waals surface area contributed by atoms with E-state index in [1.165, 1.54) is 23.5 Å². The van der Waals surface area contributed by atoms with Gasteiger partial charge in [0.15, 0.2) is 0 Å². The molecule has 0 aromatic carbocycles. The summed E-state index contributed by atoms with van der Waals surface area (Å²) < 4.78 is 4.78. The molecule has 0 aliphatic carbocycles. The largest absolute Gasteiger partial charge is 0.480 e. The number of carbonyl (C=O) groups is 3. The Balaban J connectivity index is 1.78. The Bertz CT molecular complexity index is 497. The van der Waals surface area contributed by atoms with Gasteiger partial charge in [-0.1, -0.05) is 0 Å². The highest BCUT2D eigenvalue weighted by atomic mass is 16.4. The van der Waals surface area contributed by atoms with Crippen molar-refractivity contribution in [2.24, 2.45) is 0 Å². The van der Waals surface area contributed by atoms with E-state index < -0.39 is 12.0 Å². The lowest BCUT2D eigenvalue weighted by molar-refractivity contribution is -0.148. The van der Waals surface area contributed by atoms with E-state index in [0.717, 1.165) is 0 Å². The van der Waals surface area contributed by atoms with Crippen molar-refractivity contribution in [3.63, 3.8) is 0 Å². The molecule has 1 saturated heterocycles. The van der Waals surface area contributed by atoms with Gasteiger partial charge in [0.1, 0.15) is 12.3 Å². The van der Waals surface area contributed by atoms with Crippen LogP contribution in [0.5, 0.6) is 0 Å². The van der Waals surface area contributed by atoms with Gasteiger partial charge in [-0.05, 0) is 18.9 Å². The second kappa shape index (κ2) is 6.23. The van der Waals surface area contributed by atoms with E-state index in [0.29, 0.717) is 24.9 Å². The lowest BCUT2D eigenvalue weighted by Gasteiger charge is -2.21. The fraction of sp³-hybridized carbons (Fsp3) is 0.462. The van der Waals surface area contributed by atoms with Crippen LogP contribution in [0.25, 0.3) is 0 Å². The SMILES string of the molecule is O=C(NCCC(=O)N1CCC[C@H]1C(=O)O)c1ccoc1. The zero-order valence-corrected chi connectivity index (χ0v) is 10.9. The highest BCUT2D eigenvalue weighted by Gasteiger charge is 2.33. The number of nitrogens with zero attached hydrogens (tertiary/aromatic N) is 1. The molecule has 0 saturated carbocycles. The molecule has 7 heteroatoms. The smallest absolute Gasteiger partial charge is 0.326 e. The summed E-state index contributed by atoms with van der Waals surface area (Å²) in [6.07, 6.45) is 3.99. The number of furan rings is 1. The number of hydrogen-bond acceptors (Lipinski definition) is 4. The topological polar surface area (TPSA) is 99.9 Å². The van der Waals surface area contributed by atoms with Crippen molar-refractivity contribution >= 4 is 17.8 Å². The summed E-state index contributed by atoms with van der Waals surface area (Å²) in [6, 6.07) is 0.796. The molecule has 2 heterocycles. The summed E-state index contributed by atoms with van der Waals surface area (Å²) in [7, 11) is 0. The van der Waals surface area contributed by atoms with Gasteiger partial charge in [-0.3, -0.25) is 9.59 Å². The van der Waals surface area contributed by atoms with Crippen LogP contribution in [-0.4, -0.2) is 46.9 Å². The minimum absolute atomic E-state index is 0.0906. The van der Waals surface area contributed by atoms with Crippen LogP contribution >= 0.6 is 0 Å². The molecular formula is C13H16N2O5. The highest BCUT2D eigenvalue weighted by molar-refractivity contribution is 5.94. The number of aliphatic carboxylic acids is 1. The fourth-order valence-electron chi connectivity index (χ4n) is 2.24. The van der Waals surface area contributed by atoms with Crippen LogP contribution in [0, 0.1) is 0 Å². The number of carbonyl (C=O) groups excluding carboxylic acids is 2. The first-order valence-electron chi connectivity index (χ1n) is 6.42. The quantitative estimate of drug-likeness (QED) is 0.817. The average molecular weight is 280 g/mol. The molecule has 2 rings (SSSR count). The number of carboxylic acid groups (broad SMARTS) is 1. The van der Waals surface area contributed by atoms with Gasteiger partial charge in [0, 0.05) is 19.5 Å². The Morgan fingerprint density at radius 2 is 2.25 bits per heavy atom. The van der Waals surface area contributed by atoms with Crippen molar-refractivity contribution in [2.75, 3.05) is 13.1 Å². The summed E-state index contributed by atoms with van der Waals surface area (Å²) in [5.41, 5.74) is 0.391. The molecule has 1 aliphatic heterocycles. The first kappa shape index (κ1) is 14.1. The molecule has 1 fully saturated rings. The van der Waals surface area contributed by atoms with Gasteiger partial charge in [-0.15, -0.1) is 0 Å². The van der Waals surface area contributed by atoms with Gasteiger partial charge in [0.2, 0.25) is 5.91 Å². The maximum Gasteiger partial charge on any atom is 0.326 e. The van der Waals surface area contributed by atoms with E-state index in [2.05, 4.69) is 5.32 Å². The normalized spacial score (nSPS) is 18.0. The number of carboxylic acids is 1. The maximum absolute atomic E-state index is 11.9. The molecule has 1 aromatic heterocycles. The summed E-state index contributed by atoms with van der Waals surface area (Å²) in [4.78, 5) is 35.9. The van der Waals surface area contributed by atoms with E-state index in [1.807, 2.05) is 0 Å². The first-order valence-corrected chi connectivity index (χ1v) is 6.42. The summed E-state index contributed by atoms with van der Waals surface area (Å²) in [5, 5.41) is 11.6. The Hall–Kier alpha value is -2.31. The number of likely N-dealkylation sites (tertiary alicyclic amines) is 1. The van der Waals surface area contributed by atoms with Gasteiger partial charge in [-0.2, -0.15) is 0 Å². The second-order valence-electron chi connectivity index (χ2n) is 4.60. The fourth-order valence-corrected chi connectivity index (χ4v) is 2.24. The van der Waals surface area contributed by atoms with Crippen LogP contribution in [0.2, 0.25) is 0 Å². The van der Waals surface area contributed by atoms with Crippen molar-refractivity contribution in [2.45, 2.75) is 25.3 Å². The van der Waals surface area contributed by atoms with Crippen LogP contribution in [-0.2, 0) is 9.59 Å². The van der Waals surface area contributed by atoms with E-state index in [4.69, 9.17) is 9.52 Å². The number of rotatable bonds is 5. The van der Waals surface area contributed by atoms with Gasteiger partial charge in [0.25, 0.3) is 5.91 Å². The molecule has 0 bridgehead atoms. The summed E-state index contributed by atoms with van der Waals surface area (Å²) >= 11 is 0. The molecule has 7 nitrogen and oxygen atoms in total. The molecule has 0 spiro atoms. The molecular weight excluding hydrogens is 264 g/mol. The van der Waals surface area contributed by atoms with Crippen molar-refractivity contribution < 1.29 is 23.9 Å². The zero-order valence-electron chi connectivity index (χ0n) is 10.9. The maximum atomic E-state index is 11.9. The molecule has 1 aliphatic rings. The predicted octanol–water partition coefficient (Wildman–Crippen LogP) is 0.475. The number of amides is 2. The zero-order chi connectivity index (χ0) is 14.5. The van der Waals surface area contributed by atoms with E-state index in [1.54, 1.807) is 0 Å². The molecule has 1 aromatic rings. The van der Waals surface area contributed by atoms with Gasteiger partial charge < -0.3 is 19.7 Å². The molecule has 2 N–H and O–H groups in total. The van der Waals surface area contributed by atoms with Crippen LogP contribution in [0.15, 0.2) is 23.0 Å². The van der Waals surface area contributed by atoms with Crippen LogP contribution in [0.3, 0.4) is 0 Å². The van der Waals surface area contributed by atoms with Crippen molar-refractivity contribution in [1.82, 2.24) is 10.2 Å². The molecule has 0 unspecified atom stereocenters. The van der Waals surface area contributed by atoms with E-state index in [9.17, 15) is 14.4 Å². The lowest BCUT2D eigenvalue weighted by atomic mass is 10.2. The third kappa shape index (κ3) is 3.17. The van der Waals surface area contributed by atoms with E-state index >= 15 is 0 Å². The third-order valence-corrected chi connectivity index (χ3v) is 3.27. The van der Waals surface area contributed by atoms with Gasteiger partial charge >= 0.3 is 5.97 Å². The summed E-state index contributed by atoms with van der Waals surface area (Å²) in [5.74, 6) is -1.54. The van der Waals surface area contributed by atoms with Crippen molar-refractivity contribution in [3.05, 3.63) is 24.2 Å². The van der Waals surface area contributed by atoms with Crippen LogP contribution in [0.1, 0.15) is 29.6 Å². The molecule has 1 atom stereocenters. The Labute approximate surface area is 115 Å². The lowest BCUT2D eigenvalue weighted by Crippen LogP contribution is -2.41. The van der Waals surface area contributed by atoms with Crippen LogP contribution in [0.4, 0.5) is 0 Å². The third-order valence-electron chi connectivity index (χ3n) is 3.27. The minimum atomic E-state index is -0.974. The molecule has 2 amide bonds. The molecule has 20 heavy (non-hydrogen) atoms. The standard InChI is InChI=1S/C13H16N2O5/c16-11(15-6-1-2-10(15)13(18)19)3-5-14-12(17)9-4-7-20-8-9/h4,7-8,10H,1-3,5-6H2,(H,14,17)(H,18,19)/t10-/m0/s1. The Morgan fingerprint density at radius 3 is 2.90 bits per heavy atom. The average Bonchev–Trinajstić information content (AvgIpc) is 3.09. The second-order valence-corrected chi connectivity index (χ2v) is 4.60. The monoisotopic (exact) mass is 280 g/mol. The molecule has 108 valence electrons. The summed E-state index contributed by atoms with van der Waals surface area (Å²) in [6.45, 7) is 0.636. The van der Waals surface area contributed by atoms with Gasteiger partial charge in [-0.25, -0.2) is 4.79 Å².